The number of aromatic nitrogens is 3. The van der Waals surface area contributed by atoms with Crippen molar-refractivity contribution in [2.75, 3.05) is 10.6 Å². The quantitative estimate of drug-likeness (QED) is 0.343. The van der Waals surface area contributed by atoms with E-state index in [1.807, 2.05) is 0 Å². The van der Waals surface area contributed by atoms with Gasteiger partial charge in [-0.2, -0.15) is 18.2 Å². The molecule has 4 N–H and O–H groups in total. The summed E-state index contributed by atoms with van der Waals surface area (Å²) < 4.78 is 78.6. The first kappa shape index (κ1) is 27.0. The van der Waals surface area contributed by atoms with Gasteiger partial charge < -0.3 is 10.6 Å². The Balaban J connectivity index is 1.51. The number of hydrogen-bond acceptors (Lipinski definition) is 7. The Morgan fingerprint density at radius 2 is 1.85 bits per heavy atom. The van der Waals surface area contributed by atoms with Crippen molar-refractivity contribution < 1.29 is 26.0 Å². The minimum atomic E-state index is -4.49. The van der Waals surface area contributed by atoms with E-state index in [0.717, 1.165) is 5.56 Å². The number of nitrogens with one attached hydrogen (secondary N) is 2. The molecule has 39 heavy (non-hydrogen) atoms. The molecule has 2 heterocycles. The lowest BCUT2D eigenvalue weighted by Gasteiger charge is -2.22. The lowest BCUT2D eigenvalue weighted by molar-refractivity contribution is -0.151. The SMILES string of the molecule is Cc1cc(S(N)(=O)=O)c(C)cc1CNc1nc(NC2(C(F)(F)F)CC2)c2nc(C3=CCC(F)C=C3)ccc2n1. The zero-order chi connectivity index (χ0) is 28.2. The van der Waals surface area contributed by atoms with Crippen LogP contribution in [0.25, 0.3) is 16.6 Å². The predicted octanol–water partition coefficient (Wildman–Crippen LogP) is 5.09. The lowest BCUT2D eigenvalue weighted by Crippen LogP contribution is -2.39. The number of anilines is 2. The molecule has 0 bridgehead atoms. The topological polar surface area (TPSA) is 123 Å². The van der Waals surface area contributed by atoms with Gasteiger partial charge in [0.15, 0.2) is 5.82 Å². The molecule has 0 spiro atoms. The number of hydrogen-bond donors (Lipinski definition) is 3. The number of allylic oxidation sites excluding steroid dienone is 4. The second-order valence-electron chi connectivity index (χ2n) is 9.88. The molecule has 1 saturated carbocycles. The number of halogens is 4. The molecule has 0 amide bonds. The lowest BCUT2D eigenvalue weighted by atomic mass is 10.0. The first-order chi connectivity index (χ1) is 18.3. The second-order valence-corrected chi connectivity index (χ2v) is 11.4. The van der Waals surface area contributed by atoms with Gasteiger partial charge in [-0.05, 0) is 73.2 Å². The summed E-state index contributed by atoms with van der Waals surface area (Å²) in [5.41, 5.74) is 1.37. The van der Waals surface area contributed by atoms with E-state index in [9.17, 15) is 26.0 Å². The number of benzene rings is 1. The smallest absolute Gasteiger partial charge is 0.354 e. The van der Waals surface area contributed by atoms with Crippen molar-refractivity contribution in [3.05, 3.63) is 64.9 Å². The molecule has 13 heteroatoms. The van der Waals surface area contributed by atoms with Gasteiger partial charge in [-0.1, -0.05) is 18.2 Å². The van der Waals surface area contributed by atoms with Crippen molar-refractivity contribution in [2.45, 2.75) is 62.4 Å². The van der Waals surface area contributed by atoms with Crippen molar-refractivity contribution in [3.63, 3.8) is 0 Å². The van der Waals surface area contributed by atoms with E-state index >= 15 is 0 Å². The van der Waals surface area contributed by atoms with E-state index in [2.05, 4.69) is 25.6 Å². The Morgan fingerprint density at radius 3 is 2.46 bits per heavy atom. The van der Waals surface area contributed by atoms with Crippen LogP contribution in [-0.2, 0) is 16.6 Å². The first-order valence-electron chi connectivity index (χ1n) is 12.2. The summed E-state index contributed by atoms with van der Waals surface area (Å²) >= 11 is 0. The highest BCUT2D eigenvalue weighted by atomic mass is 32.2. The number of primary sulfonamides is 1. The molecular weight excluding hydrogens is 536 g/mol. The number of aryl methyl sites for hydroxylation is 2. The predicted molar refractivity (Wildman–Crippen MR) is 140 cm³/mol. The molecule has 1 fully saturated rings. The van der Waals surface area contributed by atoms with Crippen LogP contribution in [0.2, 0.25) is 0 Å². The summed E-state index contributed by atoms with van der Waals surface area (Å²) in [4.78, 5) is 13.4. The van der Waals surface area contributed by atoms with Crippen LogP contribution in [0.1, 0.15) is 41.6 Å². The van der Waals surface area contributed by atoms with Gasteiger partial charge in [-0.3, -0.25) is 0 Å². The number of rotatable bonds is 7. The maximum atomic E-state index is 13.8. The molecule has 0 radical (unpaired) electrons. The van der Waals surface area contributed by atoms with Gasteiger partial charge in [0, 0.05) is 13.0 Å². The van der Waals surface area contributed by atoms with Crippen LogP contribution >= 0.6 is 0 Å². The summed E-state index contributed by atoms with van der Waals surface area (Å²) in [6.07, 6.45) is -0.887. The molecule has 1 unspecified atom stereocenters. The zero-order valence-electron chi connectivity index (χ0n) is 21.1. The Hall–Kier alpha value is -3.58. The Labute approximate surface area is 222 Å². The molecule has 0 aliphatic heterocycles. The van der Waals surface area contributed by atoms with Gasteiger partial charge in [0.05, 0.1) is 16.1 Å². The Morgan fingerprint density at radius 1 is 1.10 bits per heavy atom. The van der Waals surface area contributed by atoms with Gasteiger partial charge in [0.1, 0.15) is 17.2 Å². The van der Waals surface area contributed by atoms with Crippen LogP contribution in [0.15, 0.2) is 47.4 Å². The van der Waals surface area contributed by atoms with Crippen LogP contribution < -0.4 is 15.8 Å². The van der Waals surface area contributed by atoms with Gasteiger partial charge in [0.25, 0.3) is 0 Å². The average molecular weight is 563 g/mol. The number of fused-ring (bicyclic) bond motifs is 1. The second kappa shape index (κ2) is 9.56. The van der Waals surface area contributed by atoms with Gasteiger partial charge >= 0.3 is 6.18 Å². The Kier molecular flexibility index (Phi) is 6.62. The fourth-order valence-electron chi connectivity index (χ4n) is 4.48. The highest BCUT2D eigenvalue weighted by Gasteiger charge is 2.64. The van der Waals surface area contributed by atoms with E-state index in [1.54, 1.807) is 44.2 Å². The number of pyridine rings is 1. The maximum Gasteiger partial charge on any atom is 0.411 e. The monoisotopic (exact) mass is 562 g/mol. The van der Waals surface area contributed by atoms with Crippen molar-refractivity contribution in [3.8, 4) is 0 Å². The summed E-state index contributed by atoms with van der Waals surface area (Å²) in [5, 5.41) is 10.9. The van der Waals surface area contributed by atoms with E-state index in [4.69, 9.17) is 5.14 Å². The molecule has 1 atom stereocenters. The average Bonchev–Trinajstić information content (AvgIpc) is 3.65. The molecule has 206 valence electrons. The number of nitrogens with zero attached hydrogens (tertiary/aromatic N) is 3. The number of sulfonamides is 1. The van der Waals surface area contributed by atoms with Crippen LogP contribution in [0.4, 0.5) is 29.3 Å². The summed E-state index contributed by atoms with van der Waals surface area (Å²) in [6, 6.07) is 6.45. The summed E-state index contributed by atoms with van der Waals surface area (Å²) in [6.45, 7) is 3.53. The minimum Gasteiger partial charge on any atom is -0.354 e. The molecule has 1 aromatic carbocycles. The standard InChI is InChI=1S/C26H26F4N6O2S/c1-14-12-21(39(31,37)38)15(2)11-17(14)13-32-24-34-20-8-7-19(16-3-5-18(27)6-4-16)33-22(20)23(35-24)36-25(9-10-25)26(28,29)30/h3-5,7-8,11-12,18H,6,9-10,13H2,1-2H3,(H2,31,37,38)(H2,32,34,35,36). The van der Waals surface area contributed by atoms with Gasteiger partial charge in [0.2, 0.25) is 16.0 Å². The van der Waals surface area contributed by atoms with Crippen LogP contribution in [0.3, 0.4) is 0 Å². The first-order valence-corrected chi connectivity index (χ1v) is 13.7. The number of alkyl halides is 4. The minimum absolute atomic E-state index is 0.0194. The van der Waals surface area contributed by atoms with Crippen molar-refractivity contribution >= 4 is 38.4 Å². The highest BCUT2D eigenvalue weighted by Crippen LogP contribution is 2.51. The molecule has 8 nitrogen and oxygen atoms in total. The molecule has 2 aliphatic rings. The van der Waals surface area contributed by atoms with Crippen LogP contribution in [-0.4, -0.2) is 41.3 Å². The third-order valence-electron chi connectivity index (χ3n) is 6.91. The number of nitrogens with two attached hydrogens (primary N) is 1. The molecule has 2 aliphatic carbocycles. The van der Waals surface area contributed by atoms with Gasteiger partial charge in [-0.15, -0.1) is 0 Å². The van der Waals surface area contributed by atoms with Crippen LogP contribution in [0, 0.1) is 13.8 Å². The van der Waals surface area contributed by atoms with E-state index in [0.29, 0.717) is 27.9 Å². The molecule has 5 rings (SSSR count). The van der Waals surface area contributed by atoms with E-state index < -0.39 is 27.9 Å². The normalized spacial score (nSPS) is 18.6. The van der Waals surface area contributed by atoms with Crippen molar-refractivity contribution in [2.24, 2.45) is 5.14 Å². The Bertz CT molecular complexity index is 1630. The third kappa shape index (κ3) is 5.46. The summed E-state index contributed by atoms with van der Waals surface area (Å²) in [7, 11) is -3.89. The van der Waals surface area contributed by atoms with Gasteiger partial charge in [-0.25, -0.2) is 27.9 Å². The fourth-order valence-corrected chi connectivity index (χ4v) is 5.33. The molecule has 0 saturated heterocycles. The van der Waals surface area contributed by atoms with E-state index in [-0.39, 0.29) is 48.0 Å². The van der Waals surface area contributed by atoms with Crippen molar-refractivity contribution in [1.82, 2.24) is 15.0 Å². The molecule has 2 aromatic heterocycles. The fraction of sp³-hybridized carbons (Fsp3) is 0.346. The summed E-state index contributed by atoms with van der Waals surface area (Å²) in [5.74, 6) is 0.00237. The zero-order valence-corrected chi connectivity index (χ0v) is 21.9. The maximum absolute atomic E-state index is 13.8. The van der Waals surface area contributed by atoms with E-state index in [1.165, 1.54) is 12.1 Å². The van der Waals surface area contributed by atoms with Crippen molar-refractivity contribution in [1.29, 1.82) is 0 Å². The highest BCUT2D eigenvalue weighted by molar-refractivity contribution is 7.89. The van der Waals surface area contributed by atoms with Crippen LogP contribution in [0.5, 0.6) is 0 Å². The largest absolute Gasteiger partial charge is 0.411 e. The molecule has 3 aromatic rings. The molecular formula is C26H26F4N6O2S. The third-order valence-corrected chi connectivity index (χ3v) is 7.97.